The molecule has 0 saturated heterocycles. The lowest BCUT2D eigenvalue weighted by Crippen LogP contribution is -2.18. The molecule has 1 aromatic heterocycles. The van der Waals surface area contributed by atoms with Gasteiger partial charge in [0.15, 0.2) is 0 Å². The topological polar surface area (TPSA) is 24.9 Å². The molecule has 1 aromatic carbocycles. The molecular formula is C12H13FN2S. The van der Waals surface area contributed by atoms with Gasteiger partial charge >= 0.3 is 0 Å². The number of thiazole rings is 1. The van der Waals surface area contributed by atoms with Gasteiger partial charge in [0.1, 0.15) is 5.82 Å². The van der Waals surface area contributed by atoms with Crippen LogP contribution in [-0.2, 0) is 0 Å². The molecular weight excluding hydrogens is 223 g/mol. The highest BCUT2D eigenvalue weighted by Crippen LogP contribution is 2.23. The van der Waals surface area contributed by atoms with Crippen LogP contribution in [-0.4, -0.2) is 12.0 Å². The minimum atomic E-state index is -0.170. The van der Waals surface area contributed by atoms with E-state index in [0.717, 1.165) is 11.3 Å². The molecule has 0 aliphatic rings. The Bertz CT molecular complexity index is 468. The Morgan fingerprint density at radius 3 is 2.81 bits per heavy atom. The Morgan fingerprint density at radius 2 is 2.25 bits per heavy atom. The molecule has 0 saturated carbocycles. The molecule has 1 unspecified atom stereocenters. The Balaban J connectivity index is 2.37. The van der Waals surface area contributed by atoms with Crippen molar-refractivity contribution in [2.45, 2.75) is 13.0 Å². The van der Waals surface area contributed by atoms with Crippen molar-refractivity contribution in [2.75, 3.05) is 7.05 Å². The molecule has 2 aromatic rings. The Hall–Kier alpha value is -1.26. The highest BCUT2D eigenvalue weighted by Gasteiger charge is 2.14. The van der Waals surface area contributed by atoms with Crippen molar-refractivity contribution in [3.63, 3.8) is 0 Å². The van der Waals surface area contributed by atoms with Gasteiger partial charge in [-0.25, -0.2) is 9.37 Å². The van der Waals surface area contributed by atoms with E-state index in [2.05, 4.69) is 10.3 Å². The molecule has 0 radical (unpaired) electrons. The number of rotatable bonds is 3. The number of aromatic nitrogens is 1. The van der Waals surface area contributed by atoms with Crippen molar-refractivity contribution < 1.29 is 4.39 Å². The quantitative estimate of drug-likeness (QED) is 0.886. The maximum atomic E-state index is 13.2. The van der Waals surface area contributed by atoms with Crippen LogP contribution >= 0.6 is 11.3 Å². The third kappa shape index (κ3) is 2.13. The molecule has 4 heteroatoms. The molecule has 2 rings (SSSR count). The third-order valence-electron chi connectivity index (χ3n) is 2.55. The summed E-state index contributed by atoms with van der Waals surface area (Å²) < 4.78 is 13.2. The van der Waals surface area contributed by atoms with Gasteiger partial charge in [-0.3, -0.25) is 0 Å². The maximum absolute atomic E-state index is 13.2. The molecule has 0 aliphatic carbocycles. The van der Waals surface area contributed by atoms with Gasteiger partial charge in [0.2, 0.25) is 0 Å². The molecule has 1 atom stereocenters. The van der Waals surface area contributed by atoms with Crippen molar-refractivity contribution >= 4 is 11.3 Å². The third-order valence-corrected chi connectivity index (χ3v) is 3.16. The molecule has 0 amide bonds. The van der Waals surface area contributed by atoms with Crippen LogP contribution in [0.3, 0.4) is 0 Å². The summed E-state index contributed by atoms with van der Waals surface area (Å²) in [6, 6.07) is 5.19. The zero-order valence-corrected chi connectivity index (χ0v) is 10.0. The lowest BCUT2D eigenvalue weighted by atomic mass is 10.0. The highest BCUT2D eigenvalue weighted by molar-refractivity contribution is 7.07. The van der Waals surface area contributed by atoms with E-state index in [4.69, 9.17) is 0 Å². The van der Waals surface area contributed by atoms with Crippen LogP contribution in [0.1, 0.15) is 22.9 Å². The first-order valence-corrected chi connectivity index (χ1v) is 5.98. The summed E-state index contributed by atoms with van der Waals surface area (Å²) in [6.07, 6.45) is 0. The van der Waals surface area contributed by atoms with Gasteiger partial charge < -0.3 is 5.32 Å². The van der Waals surface area contributed by atoms with E-state index in [-0.39, 0.29) is 11.9 Å². The van der Waals surface area contributed by atoms with Crippen LogP contribution in [0, 0.1) is 12.7 Å². The molecule has 0 spiro atoms. The van der Waals surface area contributed by atoms with Crippen molar-refractivity contribution in [1.29, 1.82) is 0 Å². The van der Waals surface area contributed by atoms with Crippen LogP contribution < -0.4 is 5.32 Å². The average molecular weight is 236 g/mol. The first kappa shape index (κ1) is 11.2. The second kappa shape index (κ2) is 4.72. The van der Waals surface area contributed by atoms with Crippen LogP contribution in [0.25, 0.3) is 0 Å². The molecule has 84 valence electrons. The summed E-state index contributed by atoms with van der Waals surface area (Å²) in [5.41, 5.74) is 4.47. The first-order chi connectivity index (χ1) is 7.72. The standard InChI is InChI=1S/C12H13FN2S/c1-8-5-9(3-4-10(8)13)12(14-2)11-6-16-7-15-11/h3-7,12,14H,1-2H3. The lowest BCUT2D eigenvalue weighted by molar-refractivity contribution is 0.613. The Morgan fingerprint density at radius 1 is 1.44 bits per heavy atom. The van der Waals surface area contributed by atoms with E-state index in [9.17, 15) is 4.39 Å². The van der Waals surface area contributed by atoms with Crippen molar-refractivity contribution in [1.82, 2.24) is 10.3 Å². The summed E-state index contributed by atoms with van der Waals surface area (Å²) in [6.45, 7) is 1.77. The smallest absolute Gasteiger partial charge is 0.126 e. The van der Waals surface area contributed by atoms with Crippen molar-refractivity contribution in [3.8, 4) is 0 Å². The summed E-state index contributed by atoms with van der Waals surface area (Å²) >= 11 is 1.56. The first-order valence-electron chi connectivity index (χ1n) is 5.03. The SMILES string of the molecule is CNC(c1ccc(F)c(C)c1)c1cscn1. The predicted molar refractivity (Wildman–Crippen MR) is 64.2 cm³/mol. The summed E-state index contributed by atoms with van der Waals surface area (Å²) in [5, 5.41) is 5.19. The van der Waals surface area contributed by atoms with E-state index < -0.39 is 0 Å². The molecule has 1 heterocycles. The fourth-order valence-corrected chi connectivity index (χ4v) is 2.28. The van der Waals surface area contributed by atoms with Crippen LogP contribution in [0.15, 0.2) is 29.1 Å². The Kier molecular flexibility index (Phi) is 3.31. The number of nitrogens with zero attached hydrogens (tertiary/aromatic N) is 1. The van der Waals surface area contributed by atoms with Gasteiger partial charge in [0.25, 0.3) is 0 Å². The fraction of sp³-hybridized carbons (Fsp3) is 0.250. The normalized spacial score (nSPS) is 12.7. The van der Waals surface area contributed by atoms with E-state index >= 15 is 0 Å². The number of benzene rings is 1. The number of hydrogen-bond donors (Lipinski definition) is 1. The Labute approximate surface area is 98.2 Å². The van der Waals surface area contributed by atoms with Gasteiger partial charge in [-0.1, -0.05) is 12.1 Å². The monoisotopic (exact) mass is 236 g/mol. The molecule has 2 nitrogen and oxygen atoms in total. The second-order valence-electron chi connectivity index (χ2n) is 3.64. The minimum absolute atomic E-state index is 0.0329. The molecule has 16 heavy (non-hydrogen) atoms. The number of aryl methyl sites for hydroxylation is 1. The largest absolute Gasteiger partial charge is 0.308 e. The van der Waals surface area contributed by atoms with Gasteiger partial charge in [0, 0.05) is 5.38 Å². The van der Waals surface area contributed by atoms with Crippen LogP contribution in [0.5, 0.6) is 0 Å². The summed E-state index contributed by atoms with van der Waals surface area (Å²) in [5.74, 6) is -0.170. The zero-order chi connectivity index (χ0) is 11.5. The van der Waals surface area contributed by atoms with Crippen molar-refractivity contribution in [3.05, 3.63) is 51.7 Å². The number of hydrogen-bond acceptors (Lipinski definition) is 3. The predicted octanol–water partition coefficient (Wildman–Crippen LogP) is 2.90. The van der Waals surface area contributed by atoms with Crippen LogP contribution in [0.2, 0.25) is 0 Å². The van der Waals surface area contributed by atoms with Crippen LogP contribution in [0.4, 0.5) is 4.39 Å². The second-order valence-corrected chi connectivity index (χ2v) is 4.36. The lowest BCUT2D eigenvalue weighted by Gasteiger charge is -2.15. The van der Waals surface area contributed by atoms with Gasteiger partial charge in [0.05, 0.1) is 17.2 Å². The van der Waals surface area contributed by atoms with Gasteiger partial charge in [-0.15, -0.1) is 11.3 Å². The van der Waals surface area contributed by atoms with E-state index in [1.165, 1.54) is 6.07 Å². The van der Waals surface area contributed by atoms with E-state index in [1.807, 2.05) is 18.5 Å². The van der Waals surface area contributed by atoms with E-state index in [1.54, 1.807) is 29.8 Å². The summed E-state index contributed by atoms with van der Waals surface area (Å²) in [7, 11) is 1.88. The van der Waals surface area contributed by atoms with Crippen molar-refractivity contribution in [2.24, 2.45) is 0 Å². The zero-order valence-electron chi connectivity index (χ0n) is 9.20. The molecule has 0 bridgehead atoms. The minimum Gasteiger partial charge on any atom is -0.308 e. The molecule has 0 aliphatic heterocycles. The maximum Gasteiger partial charge on any atom is 0.126 e. The number of nitrogens with one attached hydrogen (secondary N) is 1. The van der Waals surface area contributed by atoms with Gasteiger partial charge in [-0.05, 0) is 31.2 Å². The average Bonchev–Trinajstić information content (AvgIpc) is 2.78. The number of halogens is 1. The molecule has 1 N–H and O–H groups in total. The fourth-order valence-electron chi connectivity index (χ4n) is 1.70. The molecule has 0 fully saturated rings. The highest BCUT2D eigenvalue weighted by atomic mass is 32.1. The van der Waals surface area contributed by atoms with E-state index in [0.29, 0.717) is 5.56 Å². The van der Waals surface area contributed by atoms with Gasteiger partial charge in [-0.2, -0.15) is 0 Å². The summed E-state index contributed by atoms with van der Waals surface area (Å²) in [4.78, 5) is 4.28.